The van der Waals surface area contributed by atoms with Crippen molar-refractivity contribution >= 4 is 16.9 Å². The SMILES string of the molecule is O=C(c1cc2cccnc2[nH]1)N1CC(CO)CC(CO)C1. The molecular weight excluding hydrogens is 270 g/mol. The lowest BCUT2D eigenvalue weighted by atomic mass is 9.90. The lowest BCUT2D eigenvalue weighted by Gasteiger charge is -2.36. The number of aromatic amines is 1. The van der Waals surface area contributed by atoms with E-state index in [0.717, 1.165) is 11.8 Å². The number of fused-ring (bicyclic) bond motifs is 1. The van der Waals surface area contributed by atoms with Gasteiger partial charge in [0, 0.05) is 49.7 Å². The fraction of sp³-hybridized carbons (Fsp3) is 0.467. The van der Waals surface area contributed by atoms with Crippen LogP contribution in [0.5, 0.6) is 0 Å². The van der Waals surface area contributed by atoms with Crippen LogP contribution in [0.25, 0.3) is 11.0 Å². The fourth-order valence-electron chi connectivity index (χ4n) is 2.99. The highest BCUT2D eigenvalue weighted by atomic mass is 16.3. The van der Waals surface area contributed by atoms with Gasteiger partial charge in [-0.15, -0.1) is 0 Å². The van der Waals surface area contributed by atoms with Crippen molar-refractivity contribution < 1.29 is 15.0 Å². The number of aliphatic hydroxyl groups is 2. The smallest absolute Gasteiger partial charge is 0.270 e. The van der Waals surface area contributed by atoms with E-state index < -0.39 is 0 Å². The number of carbonyl (C=O) groups is 1. The lowest BCUT2D eigenvalue weighted by Crippen LogP contribution is -2.46. The van der Waals surface area contributed by atoms with Crippen LogP contribution >= 0.6 is 0 Å². The van der Waals surface area contributed by atoms with Gasteiger partial charge < -0.3 is 20.1 Å². The molecule has 112 valence electrons. The maximum absolute atomic E-state index is 12.6. The highest BCUT2D eigenvalue weighted by Gasteiger charge is 2.30. The predicted octanol–water partition coefficient (Wildman–Crippen LogP) is 0.626. The third-order valence-electron chi connectivity index (χ3n) is 4.05. The maximum Gasteiger partial charge on any atom is 0.270 e. The molecule has 0 saturated carbocycles. The van der Waals surface area contributed by atoms with Crippen LogP contribution in [0, 0.1) is 11.8 Å². The van der Waals surface area contributed by atoms with E-state index in [1.54, 1.807) is 17.2 Å². The van der Waals surface area contributed by atoms with E-state index in [1.807, 2.05) is 12.1 Å². The molecule has 0 spiro atoms. The second-order valence-electron chi connectivity index (χ2n) is 5.67. The monoisotopic (exact) mass is 289 g/mol. The number of nitrogens with one attached hydrogen (secondary N) is 1. The van der Waals surface area contributed by atoms with Crippen LogP contribution in [0.2, 0.25) is 0 Å². The average Bonchev–Trinajstić information content (AvgIpc) is 2.97. The number of amides is 1. The van der Waals surface area contributed by atoms with Gasteiger partial charge in [-0.2, -0.15) is 0 Å². The summed E-state index contributed by atoms with van der Waals surface area (Å²) in [6, 6.07) is 5.52. The molecule has 0 radical (unpaired) electrons. The van der Waals surface area contributed by atoms with Crippen LogP contribution < -0.4 is 0 Å². The minimum atomic E-state index is -0.107. The van der Waals surface area contributed by atoms with E-state index >= 15 is 0 Å². The third kappa shape index (κ3) is 2.77. The Balaban J connectivity index is 1.83. The van der Waals surface area contributed by atoms with Crippen molar-refractivity contribution in [2.45, 2.75) is 6.42 Å². The van der Waals surface area contributed by atoms with Crippen molar-refractivity contribution in [1.29, 1.82) is 0 Å². The average molecular weight is 289 g/mol. The summed E-state index contributed by atoms with van der Waals surface area (Å²) in [6.45, 7) is 1.12. The number of carbonyl (C=O) groups excluding carboxylic acids is 1. The summed E-state index contributed by atoms with van der Waals surface area (Å²) in [6.07, 6.45) is 2.43. The van der Waals surface area contributed by atoms with Crippen LogP contribution in [-0.4, -0.2) is 57.3 Å². The number of piperidine rings is 1. The quantitative estimate of drug-likeness (QED) is 0.773. The van der Waals surface area contributed by atoms with Gasteiger partial charge in [-0.1, -0.05) is 0 Å². The molecule has 1 saturated heterocycles. The van der Waals surface area contributed by atoms with Crippen molar-refractivity contribution in [3.05, 3.63) is 30.1 Å². The van der Waals surface area contributed by atoms with E-state index in [0.29, 0.717) is 24.4 Å². The molecule has 1 fully saturated rings. The molecule has 2 atom stereocenters. The topological polar surface area (TPSA) is 89.5 Å². The number of hydrogen-bond acceptors (Lipinski definition) is 4. The Morgan fingerprint density at radius 2 is 2.05 bits per heavy atom. The molecule has 2 unspecified atom stereocenters. The van der Waals surface area contributed by atoms with Crippen molar-refractivity contribution in [2.75, 3.05) is 26.3 Å². The molecule has 1 aliphatic rings. The first kappa shape index (κ1) is 14.0. The molecule has 2 aromatic heterocycles. The number of hydrogen-bond donors (Lipinski definition) is 3. The predicted molar refractivity (Wildman–Crippen MR) is 77.8 cm³/mol. The molecule has 3 heterocycles. The second kappa shape index (κ2) is 5.83. The minimum Gasteiger partial charge on any atom is -0.396 e. The first-order valence-corrected chi connectivity index (χ1v) is 7.16. The van der Waals surface area contributed by atoms with Crippen LogP contribution in [0.15, 0.2) is 24.4 Å². The van der Waals surface area contributed by atoms with Gasteiger partial charge in [0.1, 0.15) is 11.3 Å². The van der Waals surface area contributed by atoms with Gasteiger partial charge in [-0.3, -0.25) is 4.79 Å². The summed E-state index contributed by atoms with van der Waals surface area (Å²) in [5.74, 6) is -0.0469. The summed E-state index contributed by atoms with van der Waals surface area (Å²) in [7, 11) is 0. The first-order valence-electron chi connectivity index (χ1n) is 7.16. The third-order valence-corrected chi connectivity index (χ3v) is 4.05. The number of nitrogens with zero attached hydrogens (tertiary/aromatic N) is 2. The number of H-pyrrole nitrogens is 1. The molecule has 6 nitrogen and oxygen atoms in total. The summed E-state index contributed by atoms with van der Waals surface area (Å²) in [4.78, 5) is 21.5. The molecular formula is C15H19N3O3. The highest BCUT2D eigenvalue weighted by molar-refractivity contribution is 5.97. The standard InChI is InChI=1S/C15H19N3O3/c19-8-10-4-11(9-20)7-18(6-10)15(21)13-5-12-2-1-3-16-14(12)17-13/h1-3,5,10-11,19-20H,4,6-9H2,(H,16,17). The molecule has 0 bridgehead atoms. The van der Waals surface area contributed by atoms with Crippen LogP contribution in [0.4, 0.5) is 0 Å². The largest absolute Gasteiger partial charge is 0.396 e. The van der Waals surface area contributed by atoms with Gasteiger partial charge in [-0.05, 0) is 24.6 Å². The van der Waals surface area contributed by atoms with Gasteiger partial charge in [0.05, 0.1) is 0 Å². The molecule has 1 aliphatic heterocycles. The lowest BCUT2D eigenvalue weighted by molar-refractivity contribution is 0.0411. The molecule has 2 aromatic rings. The van der Waals surface area contributed by atoms with Gasteiger partial charge in [0.15, 0.2) is 0 Å². The Bertz CT molecular complexity index is 595. The Labute approximate surface area is 122 Å². The van der Waals surface area contributed by atoms with Crippen molar-refractivity contribution in [2.24, 2.45) is 11.8 Å². The first-order chi connectivity index (χ1) is 10.2. The van der Waals surface area contributed by atoms with Crippen molar-refractivity contribution in [3.8, 4) is 0 Å². The van der Waals surface area contributed by atoms with E-state index in [-0.39, 0.29) is 31.0 Å². The zero-order valence-electron chi connectivity index (χ0n) is 11.7. The van der Waals surface area contributed by atoms with Gasteiger partial charge in [0.25, 0.3) is 5.91 Å². The number of aliphatic hydroxyl groups excluding tert-OH is 2. The van der Waals surface area contributed by atoms with E-state index in [4.69, 9.17) is 0 Å². The summed E-state index contributed by atoms with van der Waals surface area (Å²) >= 11 is 0. The van der Waals surface area contributed by atoms with Crippen LogP contribution in [-0.2, 0) is 0 Å². The van der Waals surface area contributed by atoms with E-state index in [2.05, 4.69) is 9.97 Å². The zero-order valence-corrected chi connectivity index (χ0v) is 11.7. The van der Waals surface area contributed by atoms with E-state index in [1.165, 1.54) is 0 Å². The van der Waals surface area contributed by atoms with Gasteiger partial charge >= 0.3 is 0 Å². The summed E-state index contributed by atoms with van der Waals surface area (Å²) < 4.78 is 0. The molecule has 0 aliphatic carbocycles. The Morgan fingerprint density at radius 3 is 2.67 bits per heavy atom. The Hall–Kier alpha value is -1.92. The van der Waals surface area contributed by atoms with Gasteiger partial charge in [-0.25, -0.2) is 4.98 Å². The summed E-state index contributed by atoms with van der Waals surface area (Å²) in [5, 5.41) is 19.6. The molecule has 6 heteroatoms. The van der Waals surface area contributed by atoms with E-state index in [9.17, 15) is 15.0 Å². The molecule has 0 aromatic carbocycles. The molecule has 3 N–H and O–H groups in total. The molecule has 3 rings (SSSR count). The number of aromatic nitrogens is 2. The Morgan fingerprint density at radius 1 is 1.33 bits per heavy atom. The van der Waals surface area contributed by atoms with Crippen LogP contribution in [0.1, 0.15) is 16.9 Å². The molecule has 21 heavy (non-hydrogen) atoms. The Kier molecular flexibility index (Phi) is 3.90. The normalized spacial score (nSPS) is 22.7. The van der Waals surface area contributed by atoms with Crippen molar-refractivity contribution in [1.82, 2.24) is 14.9 Å². The highest BCUT2D eigenvalue weighted by Crippen LogP contribution is 2.23. The second-order valence-corrected chi connectivity index (χ2v) is 5.67. The summed E-state index contributed by atoms with van der Waals surface area (Å²) in [5.41, 5.74) is 1.19. The molecule has 1 amide bonds. The number of pyridine rings is 1. The van der Waals surface area contributed by atoms with Crippen LogP contribution in [0.3, 0.4) is 0 Å². The van der Waals surface area contributed by atoms with Crippen molar-refractivity contribution in [3.63, 3.8) is 0 Å². The number of rotatable bonds is 3. The zero-order chi connectivity index (χ0) is 14.8. The number of likely N-dealkylation sites (tertiary alicyclic amines) is 1. The van der Waals surface area contributed by atoms with Gasteiger partial charge in [0.2, 0.25) is 0 Å². The maximum atomic E-state index is 12.6. The minimum absolute atomic E-state index is 0.0300. The fourth-order valence-corrected chi connectivity index (χ4v) is 2.99.